The van der Waals surface area contributed by atoms with E-state index in [1.54, 1.807) is 6.92 Å². The van der Waals surface area contributed by atoms with Crippen molar-refractivity contribution in [2.45, 2.75) is 13.5 Å². The summed E-state index contributed by atoms with van der Waals surface area (Å²) in [4.78, 5) is 27.9. The lowest BCUT2D eigenvalue weighted by molar-refractivity contribution is -0.143. The van der Waals surface area contributed by atoms with Crippen LogP contribution >= 0.6 is 11.3 Å². The summed E-state index contributed by atoms with van der Waals surface area (Å²) in [7, 11) is 0. The lowest BCUT2D eigenvalue weighted by atomic mass is 10.3. The molecule has 0 saturated carbocycles. The maximum atomic E-state index is 14.3. The van der Waals surface area contributed by atoms with Crippen LogP contribution < -0.4 is 9.54 Å². The maximum Gasteiger partial charge on any atom is 0.326 e. The Morgan fingerprint density at radius 3 is 2.62 bits per heavy atom. The standard InChI is InChI=1S/C19H15F3N2O4S/c1-2-27-17(26)9-24-18-13(22)7-11(20)8-15(18)29-19(24)23-16(25)10-28-14-6-4-3-5-12(14)21/h3-8H,2,9-10H2,1H3. The van der Waals surface area contributed by atoms with Gasteiger partial charge in [-0.15, -0.1) is 0 Å². The number of aromatic nitrogens is 1. The number of halogens is 3. The number of carbonyl (C=O) groups excluding carboxylic acids is 2. The number of carbonyl (C=O) groups is 2. The molecule has 0 N–H and O–H groups in total. The topological polar surface area (TPSA) is 69.9 Å². The van der Waals surface area contributed by atoms with Crippen molar-refractivity contribution in [3.8, 4) is 5.75 Å². The molecule has 1 amide bonds. The van der Waals surface area contributed by atoms with Gasteiger partial charge < -0.3 is 14.0 Å². The molecule has 0 atom stereocenters. The van der Waals surface area contributed by atoms with E-state index >= 15 is 0 Å². The molecule has 0 bridgehead atoms. The van der Waals surface area contributed by atoms with Crippen molar-refractivity contribution >= 4 is 33.4 Å². The van der Waals surface area contributed by atoms with Gasteiger partial charge in [0, 0.05) is 6.07 Å². The van der Waals surface area contributed by atoms with E-state index in [1.807, 2.05) is 0 Å². The molecule has 0 aliphatic carbocycles. The molecule has 0 radical (unpaired) electrons. The van der Waals surface area contributed by atoms with Crippen LogP contribution in [0.4, 0.5) is 13.2 Å². The van der Waals surface area contributed by atoms with Gasteiger partial charge in [-0.3, -0.25) is 9.59 Å². The Morgan fingerprint density at radius 1 is 1.14 bits per heavy atom. The van der Waals surface area contributed by atoms with Crippen LogP contribution in [0, 0.1) is 17.5 Å². The summed E-state index contributed by atoms with van der Waals surface area (Å²) in [5.74, 6) is -3.94. The smallest absolute Gasteiger partial charge is 0.326 e. The predicted octanol–water partition coefficient (Wildman–Crippen LogP) is 3.19. The molecular weight excluding hydrogens is 409 g/mol. The molecule has 1 aromatic heterocycles. The van der Waals surface area contributed by atoms with Crippen molar-refractivity contribution in [2.75, 3.05) is 13.2 Å². The number of fused-ring (bicyclic) bond motifs is 1. The minimum atomic E-state index is -0.906. The molecule has 2 aromatic carbocycles. The highest BCUT2D eigenvalue weighted by Gasteiger charge is 2.17. The van der Waals surface area contributed by atoms with Crippen LogP contribution in [-0.4, -0.2) is 29.7 Å². The number of hydrogen-bond acceptors (Lipinski definition) is 5. The van der Waals surface area contributed by atoms with E-state index < -0.39 is 42.5 Å². The lowest BCUT2D eigenvalue weighted by Crippen LogP contribution is -2.24. The van der Waals surface area contributed by atoms with Crippen LogP contribution in [0.3, 0.4) is 0 Å². The van der Waals surface area contributed by atoms with Gasteiger partial charge >= 0.3 is 5.97 Å². The summed E-state index contributed by atoms with van der Waals surface area (Å²) in [6.07, 6.45) is 0. The van der Waals surface area contributed by atoms with E-state index in [-0.39, 0.29) is 27.4 Å². The van der Waals surface area contributed by atoms with Crippen LogP contribution in [-0.2, 0) is 20.9 Å². The minimum absolute atomic E-state index is 0.0420. The SMILES string of the molecule is CCOC(=O)Cn1c(=NC(=O)COc2ccccc2F)sc2cc(F)cc(F)c21. The van der Waals surface area contributed by atoms with E-state index in [9.17, 15) is 22.8 Å². The van der Waals surface area contributed by atoms with Crippen LogP contribution in [0.1, 0.15) is 6.92 Å². The van der Waals surface area contributed by atoms with Crippen molar-refractivity contribution in [2.24, 2.45) is 4.99 Å². The summed E-state index contributed by atoms with van der Waals surface area (Å²) in [5.41, 5.74) is -0.0778. The molecule has 6 nitrogen and oxygen atoms in total. The summed E-state index contributed by atoms with van der Waals surface area (Å²) in [6.45, 7) is 0.724. The number of hydrogen-bond donors (Lipinski definition) is 0. The first-order valence-corrected chi connectivity index (χ1v) is 9.29. The third-order valence-electron chi connectivity index (χ3n) is 3.70. The summed E-state index contributed by atoms with van der Waals surface area (Å²) in [6, 6.07) is 7.27. The molecule has 29 heavy (non-hydrogen) atoms. The van der Waals surface area contributed by atoms with E-state index in [2.05, 4.69) is 4.99 Å². The molecule has 0 unspecified atom stereocenters. The second-order valence-corrected chi connectivity index (χ2v) is 6.74. The average Bonchev–Trinajstić information content (AvgIpc) is 2.98. The normalized spacial score (nSPS) is 11.7. The Bertz CT molecular complexity index is 1140. The number of esters is 1. The zero-order valence-corrected chi connectivity index (χ0v) is 16.0. The number of ether oxygens (including phenoxy) is 2. The quantitative estimate of drug-likeness (QED) is 0.570. The van der Waals surface area contributed by atoms with Gasteiger partial charge in [-0.25, -0.2) is 13.2 Å². The first kappa shape index (κ1) is 20.6. The summed E-state index contributed by atoms with van der Waals surface area (Å²) < 4.78 is 52.7. The van der Waals surface area contributed by atoms with Crippen molar-refractivity contribution in [1.82, 2.24) is 4.57 Å². The zero-order valence-electron chi connectivity index (χ0n) is 15.2. The number of thiazole rings is 1. The average molecular weight is 424 g/mol. The van der Waals surface area contributed by atoms with E-state index in [4.69, 9.17) is 9.47 Å². The fourth-order valence-corrected chi connectivity index (χ4v) is 3.62. The molecule has 3 rings (SSSR count). The monoisotopic (exact) mass is 424 g/mol. The molecule has 0 fully saturated rings. The lowest BCUT2D eigenvalue weighted by Gasteiger charge is -2.06. The number of nitrogens with zero attached hydrogens (tertiary/aromatic N) is 2. The third-order valence-corrected chi connectivity index (χ3v) is 4.72. The van der Waals surface area contributed by atoms with E-state index in [0.717, 1.165) is 22.0 Å². The van der Waals surface area contributed by atoms with Crippen molar-refractivity contribution in [3.05, 3.63) is 58.7 Å². The highest BCUT2D eigenvalue weighted by molar-refractivity contribution is 7.16. The fourth-order valence-electron chi connectivity index (χ4n) is 2.54. The van der Waals surface area contributed by atoms with E-state index in [0.29, 0.717) is 6.07 Å². The molecular formula is C19H15F3N2O4S. The molecule has 1 heterocycles. The molecule has 3 aromatic rings. The third kappa shape index (κ3) is 4.83. The predicted molar refractivity (Wildman–Crippen MR) is 98.8 cm³/mol. The maximum absolute atomic E-state index is 14.3. The minimum Gasteiger partial charge on any atom is -0.481 e. The highest BCUT2D eigenvalue weighted by atomic mass is 32.1. The Balaban J connectivity index is 1.96. The van der Waals surface area contributed by atoms with E-state index in [1.165, 1.54) is 24.3 Å². The second-order valence-electron chi connectivity index (χ2n) is 5.73. The molecule has 152 valence electrons. The number of para-hydroxylation sites is 1. The highest BCUT2D eigenvalue weighted by Crippen LogP contribution is 2.22. The van der Waals surface area contributed by atoms with Crippen LogP contribution in [0.25, 0.3) is 10.2 Å². The number of amides is 1. The Morgan fingerprint density at radius 2 is 1.90 bits per heavy atom. The number of rotatable bonds is 6. The summed E-state index contributed by atoms with van der Waals surface area (Å²) >= 11 is 0.824. The van der Waals surface area contributed by atoms with Gasteiger partial charge in [-0.1, -0.05) is 23.5 Å². The van der Waals surface area contributed by atoms with Crippen LogP contribution in [0.15, 0.2) is 41.4 Å². The van der Waals surface area contributed by atoms with Crippen molar-refractivity contribution in [1.29, 1.82) is 0 Å². The number of benzene rings is 2. The molecule has 0 saturated heterocycles. The molecule has 0 aliphatic rings. The Kier molecular flexibility index (Phi) is 6.32. The van der Waals surface area contributed by atoms with Gasteiger partial charge in [0.25, 0.3) is 5.91 Å². The van der Waals surface area contributed by atoms with Gasteiger partial charge in [0.1, 0.15) is 12.4 Å². The van der Waals surface area contributed by atoms with Gasteiger partial charge in [-0.2, -0.15) is 4.99 Å². The van der Waals surface area contributed by atoms with Crippen molar-refractivity contribution < 1.29 is 32.2 Å². The summed E-state index contributed by atoms with van der Waals surface area (Å²) in [5, 5.41) is 0. The van der Waals surface area contributed by atoms with Gasteiger partial charge in [0.2, 0.25) is 0 Å². The van der Waals surface area contributed by atoms with Crippen LogP contribution in [0.5, 0.6) is 5.75 Å². The first-order valence-electron chi connectivity index (χ1n) is 8.48. The fraction of sp³-hybridized carbons (Fsp3) is 0.211. The molecule has 0 spiro atoms. The zero-order chi connectivity index (χ0) is 21.0. The second kappa shape index (κ2) is 8.91. The largest absolute Gasteiger partial charge is 0.481 e. The molecule has 0 aliphatic heterocycles. The van der Waals surface area contributed by atoms with Crippen molar-refractivity contribution in [3.63, 3.8) is 0 Å². The van der Waals surface area contributed by atoms with Gasteiger partial charge in [0.15, 0.2) is 28.8 Å². The molecule has 10 heteroatoms. The first-order chi connectivity index (χ1) is 13.9. The Hall–Kier alpha value is -3.14. The van der Waals surface area contributed by atoms with Gasteiger partial charge in [-0.05, 0) is 25.1 Å². The van der Waals surface area contributed by atoms with Crippen LogP contribution in [0.2, 0.25) is 0 Å². The Labute approximate surface area is 166 Å². The van der Waals surface area contributed by atoms with Gasteiger partial charge in [0.05, 0.1) is 16.8 Å².